The van der Waals surface area contributed by atoms with Crippen LogP contribution in [0.1, 0.15) is 11.5 Å². The maximum Gasteiger partial charge on any atom is 0.434 e. The highest BCUT2D eigenvalue weighted by molar-refractivity contribution is 7.90. The standard InChI is InChI=1S/C27H19ClF3N3O3S/c1-16-33-24(27(29,30)31)14-34(16)23-11-8-19(18-4-3-5-21(12-18)38(2,35)36)13-22(23)25-26(37-15-32-25)17-6-9-20(28)10-7-17/h3-15H,1-2H3. The second-order valence-electron chi connectivity index (χ2n) is 8.61. The van der Waals surface area contributed by atoms with Gasteiger partial charge < -0.3 is 8.98 Å². The van der Waals surface area contributed by atoms with Crippen molar-refractivity contribution in [2.75, 3.05) is 6.26 Å². The molecule has 0 aliphatic carbocycles. The van der Waals surface area contributed by atoms with Crippen LogP contribution in [0.15, 0.2) is 88.6 Å². The number of aryl methyl sites for hydroxylation is 1. The van der Waals surface area contributed by atoms with Gasteiger partial charge in [0.2, 0.25) is 0 Å². The summed E-state index contributed by atoms with van der Waals surface area (Å²) in [5.74, 6) is 0.515. The summed E-state index contributed by atoms with van der Waals surface area (Å²) in [6.07, 6.45) is -1.32. The number of rotatable bonds is 5. The first-order valence-electron chi connectivity index (χ1n) is 11.2. The largest absolute Gasteiger partial charge is 0.443 e. The van der Waals surface area contributed by atoms with Crippen LogP contribution < -0.4 is 0 Å². The van der Waals surface area contributed by atoms with E-state index in [0.717, 1.165) is 12.5 Å². The van der Waals surface area contributed by atoms with Crippen LogP contribution in [0.2, 0.25) is 5.02 Å². The van der Waals surface area contributed by atoms with Crippen molar-refractivity contribution in [2.45, 2.75) is 18.0 Å². The second kappa shape index (κ2) is 9.45. The zero-order valence-corrected chi connectivity index (χ0v) is 21.6. The summed E-state index contributed by atoms with van der Waals surface area (Å²) in [5, 5.41) is 0.525. The Morgan fingerprint density at radius 2 is 1.63 bits per heavy atom. The molecule has 194 valence electrons. The molecule has 38 heavy (non-hydrogen) atoms. The summed E-state index contributed by atoms with van der Waals surface area (Å²) < 4.78 is 71.6. The lowest BCUT2D eigenvalue weighted by molar-refractivity contribution is -0.141. The minimum absolute atomic E-state index is 0.127. The third kappa shape index (κ3) is 4.97. The normalized spacial score (nSPS) is 12.2. The number of hydrogen-bond donors (Lipinski definition) is 0. The van der Waals surface area contributed by atoms with Crippen molar-refractivity contribution in [3.05, 3.63) is 95.9 Å². The lowest BCUT2D eigenvalue weighted by atomic mass is 9.98. The molecule has 6 nitrogen and oxygen atoms in total. The average molecular weight is 558 g/mol. The van der Waals surface area contributed by atoms with Gasteiger partial charge in [0.1, 0.15) is 11.5 Å². The number of oxazole rings is 1. The van der Waals surface area contributed by atoms with E-state index in [1.807, 2.05) is 0 Å². The molecule has 0 radical (unpaired) electrons. The smallest absolute Gasteiger partial charge is 0.434 e. The van der Waals surface area contributed by atoms with Crippen molar-refractivity contribution in [3.8, 4) is 39.4 Å². The van der Waals surface area contributed by atoms with E-state index in [-0.39, 0.29) is 10.7 Å². The minimum Gasteiger partial charge on any atom is -0.443 e. The molecule has 11 heteroatoms. The Kier molecular flexibility index (Phi) is 6.40. The molecule has 3 aromatic carbocycles. The maximum absolute atomic E-state index is 13.4. The van der Waals surface area contributed by atoms with Gasteiger partial charge >= 0.3 is 6.18 Å². The summed E-state index contributed by atoms with van der Waals surface area (Å²) in [6, 6.07) is 18.4. The molecule has 0 N–H and O–H groups in total. The lowest BCUT2D eigenvalue weighted by Crippen LogP contribution is -2.05. The number of imidazole rings is 1. The zero-order chi connectivity index (χ0) is 27.2. The van der Waals surface area contributed by atoms with E-state index >= 15 is 0 Å². The van der Waals surface area contributed by atoms with E-state index in [4.69, 9.17) is 16.0 Å². The predicted octanol–water partition coefficient (Wildman–Crippen LogP) is 7.25. The number of aromatic nitrogens is 3. The molecular weight excluding hydrogens is 539 g/mol. The molecule has 0 atom stereocenters. The maximum atomic E-state index is 13.4. The molecule has 0 saturated carbocycles. The van der Waals surface area contributed by atoms with Crippen molar-refractivity contribution in [1.82, 2.24) is 14.5 Å². The molecule has 0 saturated heterocycles. The van der Waals surface area contributed by atoms with E-state index in [1.165, 1.54) is 24.0 Å². The van der Waals surface area contributed by atoms with Crippen LogP contribution in [0, 0.1) is 6.92 Å². The zero-order valence-electron chi connectivity index (χ0n) is 20.0. The number of sulfone groups is 1. The van der Waals surface area contributed by atoms with Crippen molar-refractivity contribution >= 4 is 21.4 Å². The van der Waals surface area contributed by atoms with E-state index in [1.54, 1.807) is 60.7 Å². The van der Waals surface area contributed by atoms with Crippen LogP contribution >= 0.6 is 11.6 Å². The van der Waals surface area contributed by atoms with Crippen molar-refractivity contribution < 1.29 is 26.0 Å². The fourth-order valence-electron chi connectivity index (χ4n) is 4.12. The SMILES string of the molecule is Cc1nc(C(F)(F)F)cn1-c1ccc(-c2cccc(S(C)(=O)=O)c2)cc1-c1ncoc1-c1ccc(Cl)cc1. The Labute approximate surface area is 221 Å². The quantitative estimate of drug-likeness (QED) is 0.227. The monoisotopic (exact) mass is 557 g/mol. The van der Waals surface area contributed by atoms with Gasteiger partial charge in [-0.25, -0.2) is 18.4 Å². The fourth-order valence-corrected chi connectivity index (χ4v) is 4.91. The summed E-state index contributed by atoms with van der Waals surface area (Å²) >= 11 is 6.03. The summed E-state index contributed by atoms with van der Waals surface area (Å²) in [4.78, 5) is 8.24. The van der Waals surface area contributed by atoms with E-state index in [0.29, 0.717) is 44.4 Å². The topological polar surface area (TPSA) is 78.0 Å². The highest BCUT2D eigenvalue weighted by Crippen LogP contribution is 2.39. The highest BCUT2D eigenvalue weighted by Gasteiger charge is 2.35. The number of nitrogens with zero attached hydrogens (tertiary/aromatic N) is 3. The third-order valence-corrected chi connectivity index (χ3v) is 7.32. The molecule has 0 spiro atoms. The summed E-state index contributed by atoms with van der Waals surface area (Å²) in [7, 11) is -3.46. The van der Waals surface area contributed by atoms with Gasteiger partial charge in [-0.3, -0.25) is 0 Å². The van der Waals surface area contributed by atoms with Crippen molar-refractivity contribution in [1.29, 1.82) is 0 Å². The first-order chi connectivity index (χ1) is 17.9. The van der Waals surface area contributed by atoms with Gasteiger partial charge in [0, 0.05) is 28.6 Å². The van der Waals surface area contributed by atoms with Crippen molar-refractivity contribution in [2.24, 2.45) is 0 Å². The van der Waals surface area contributed by atoms with E-state index in [9.17, 15) is 21.6 Å². The number of halogens is 4. The molecule has 2 heterocycles. The average Bonchev–Trinajstić information content (AvgIpc) is 3.51. The fraction of sp³-hybridized carbons (Fsp3) is 0.111. The van der Waals surface area contributed by atoms with Gasteiger partial charge in [-0.1, -0.05) is 29.8 Å². The first kappa shape index (κ1) is 25.7. The molecule has 0 bridgehead atoms. The van der Waals surface area contributed by atoms with Crippen LogP contribution in [-0.2, 0) is 16.0 Å². The molecular formula is C27H19ClF3N3O3S. The molecule has 0 fully saturated rings. The van der Waals surface area contributed by atoms with Gasteiger partial charge in [0.05, 0.1) is 10.6 Å². The van der Waals surface area contributed by atoms with E-state index in [2.05, 4.69) is 9.97 Å². The number of alkyl halides is 3. The van der Waals surface area contributed by atoms with Gasteiger partial charge in [0.15, 0.2) is 27.7 Å². The van der Waals surface area contributed by atoms with Crippen molar-refractivity contribution in [3.63, 3.8) is 0 Å². The van der Waals surface area contributed by atoms with Crippen LogP contribution in [0.3, 0.4) is 0 Å². The Morgan fingerprint density at radius 3 is 2.29 bits per heavy atom. The predicted molar refractivity (Wildman–Crippen MR) is 138 cm³/mol. The molecule has 0 aliphatic rings. The molecule has 0 aliphatic heterocycles. The van der Waals surface area contributed by atoms with Gasteiger partial charge in [-0.05, 0) is 66.6 Å². The van der Waals surface area contributed by atoms with Gasteiger partial charge in [-0.15, -0.1) is 0 Å². The third-order valence-electron chi connectivity index (χ3n) is 5.95. The van der Waals surface area contributed by atoms with E-state index < -0.39 is 21.7 Å². The molecule has 0 unspecified atom stereocenters. The van der Waals surface area contributed by atoms with Crippen LogP contribution in [-0.4, -0.2) is 29.2 Å². The Bertz CT molecular complexity index is 1760. The summed E-state index contributed by atoms with van der Waals surface area (Å²) in [5.41, 5.74) is 2.10. The van der Waals surface area contributed by atoms with Crippen LogP contribution in [0.5, 0.6) is 0 Å². The molecule has 5 aromatic rings. The van der Waals surface area contributed by atoms with Gasteiger partial charge in [0.25, 0.3) is 0 Å². The Morgan fingerprint density at radius 1 is 0.947 bits per heavy atom. The minimum atomic E-state index is -4.62. The molecule has 5 rings (SSSR count). The lowest BCUT2D eigenvalue weighted by Gasteiger charge is -2.14. The number of benzene rings is 3. The van der Waals surface area contributed by atoms with Crippen LogP contribution in [0.4, 0.5) is 13.2 Å². The highest BCUT2D eigenvalue weighted by atomic mass is 35.5. The summed E-state index contributed by atoms with van der Waals surface area (Å²) in [6.45, 7) is 1.48. The van der Waals surface area contributed by atoms with Crippen LogP contribution in [0.25, 0.3) is 39.4 Å². The molecule has 2 aromatic heterocycles. The first-order valence-corrected chi connectivity index (χ1v) is 13.5. The number of hydrogen-bond acceptors (Lipinski definition) is 5. The Balaban J connectivity index is 1.75. The van der Waals surface area contributed by atoms with Gasteiger partial charge in [-0.2, -0.15) is 13.2 Å². The molecule has 0 amide bonds. The second-order valence-corrected chi connectivity index (χ2v) is 11.1. The Hall–Kier alpha value is -3.89.